The van der Waals surface area contributed by atoms with Crippen LogP contribution in [0.2, 0.25) is 0 Å². The summed E-state index contributed by atoms with van der Waals surface area (Å²) in [5.41, 5.74) is 1.03. The van der Waals surface area contributed by atoms with Gasteiger partial charge in [0.2, 0.25) is 0 Å². The van der Waals surface area contributed by atoms with Crippen LogP contribution < -0.4 is 5.32 Å². The Kier molecular flexibility index (Phi) is 3.57. The van der Waals surface area contributed by atoms with Gasteiger partial charge in [-0.15, -0.1) is 0 Å². The molecule has 1 fully saturated rings. The summed E-state index contributed by atoms with van der Waals surface area (Å²) in [4.78, 5) is 13.8. The SMILES string of the molecule is N#Cc1ccc(C(=O)N2CCNCC2C#N)cc1. The quantitative estimate of drug-likeness (QED) is 0.775. The van der Waals surface area contributed by atoms with Crippen molar-refractivity contribution in [1.29, 1.82) is 10.5 Å². The van der Waals surface area contributed by atoms with Gasteiger partial charge in [-0.2, -0.15) is 10.5 Å². The molecule has 1 N–H and O–H groups in total. The van der Waals surface area contributed by atoms with Crippen molar-refractivity contribution in [2.75, 3.05) is 19.6 Å². The van der Waals surface area contributed by atoms with Crippen LogP contribution in [0.5, 0.6) is 0 Å². The summed E-state index contributed by atoms with van der Waals surface area (Å²) in [6.07, 6.45) is 0. The number of hydrogen-bond acceptors (Lipinski definition) is 4. The van der Waals surface area contributed by atoms with Crippen LogP contribution in [0, 0.1) is 22.7 Å². The number of carbonyl (C=O) groups is 1. The van der Waals surface area contributed by atoms with Crippen molar-refractivity contribution in [3.05, 3.63) is 35.4 Å². The van der Waals surface area contributed by atoms with Crippen LogP contribution in [0.4, 0.5) is 0 Å². The molecule has 90 valence electrons. The third kappa shape index (κ3) is 2.32. The maximum Gasteiger partial charge on any atom is 0.255 e. The van der Waals surface area contributed by atoms with Gasteiger partial charge in [-0.3, -0.25) is 4.79 Å². The van der Waals surface area contributed by atoms with Gasteiger partial charge in [0.25, 0.3) is 5.91 Å². The summed E-state index contributed by atoms with van der Waals surface area (Å²) in [5.74, 6) is -0.160. The van der Waals surface area contributed by atoms with Crippen LogP contribution in [0.15, 0.2) is 24.3 Å². The molecule has 1 heterocycles. The lowest BCUT2D eigenvalue weighted by Crippen LogP contribution is -2.53. The van der Waals surface area contributed by atoms with E-state index in [9.17, 15) is 4.79 Å². The fraction of sp³-hybridized carbons (Fsp3) is 0.308. The molecule has 2 rings (SSSR count). The molecule has 0 aromatic heterocycles. The normalized spacial score (nSPS) is 18.8. The van der Waals surface area contributed by atoms with Crippen molar-refractivity contribution in [3.63, 3.8) is 0 Å². The van der Waals surface area contributed by atoms with Gasteiger partial charge in [-0.05, 0) is 24.3 Å². The number of benzene rings is 1. The fourth-order valence-corrected chi connectivity index (χ4v) is 1.92. The summed E-state index contributed by atoms with van der Waals surface area (Å²) in [6, 6.07) is 10.2. The topological polar surface area (TPSA) is 79.9 Å². The zero-order valence-corrected chi connectivity index (χ0v) is 9.76. The highest BCUT2D eigenvalue weighted by molar-refractivity contribution is 5.94. The van der Waals surface area contributed by atoms with E-state index >= 15 is 0 Å². The number of nitrogens with zero attached hydrogens (tertiary/aromatic N) is 3. The van der Waals surface area contributed by atoms with E-state index in [1.165, 1.54) is 0 Å². The molecule has 1 aromatic rings. The van der Waals surface area contributed by atoms with E-state index in [4.69, 9.17) is 10.5 Å². The van der Waals surface area contributed by atoms with Crippen molar-refractivity contribution in [1.82, 2.24) is 10.2 Å². The Balaban J connectivity index is 2.19. The van der Waals surface area contributed by atoms with Gasteiger partial charge in [0, 0.05) is 25.2 Å². The smallest absolute Gasteiger partial charge is 0.255 e. The monoisotopic (exact) mass is 240 g/mol. The second-order valence-electron chi connectivity index (χ2n) is 4.04. The molecule has 1 aliphatic rings. The number of rotatable bonds is 1. The van der Waals surface area contributed by atoms with Gasteiger partial charge in [-0.25, -0.2) is 0 Å². The summed E-state index contributed by atoms with van der Waals surface area (Å²) in [7, 11) is 0. The molecule has 0 radical (unpaired) electrons. The average molecular weight is 240 g/mol. The predicted octanol–water partition coefficient (Wildman–Crippen LogP) is 0.496. The number of carbonyl (C=O) groups excluding carboxylic acids is 1. The molecule has 5 heteroatoms. The Bertz CT molecular complexity index is 523. The molecular formula is C13H12N4O. The van der Waals surface area contributed by atoms with Crippen LogP contribution in [-0.2, 0) is 0 Å². The standard InChI is InChI=1S/C13H12N4O/c14-7-10-1-3-11(4-2-10)13(18)17-6-5-16-9-12(17)8-15/h1-4,12,16H,5-6,9H2. The molecule has 1 saturated heterocycles. The Labute approximate surface area is 105 Å². The predicted molar refractivity (Wildman–Crippen MR) is 64.5 cm³/mol. The van der Waals surface area contributed by atoms with Crippen molar-refractivity contribution in [2.24, 2.45) is 0 Å². The van der Waals surface area contributed by atoms with Crippen LogP contribution in [0.1, 0.15) is 15.9 Å². The van der Waals surface area contributed by atoms with Gasteiger partial charge < -0.3 is 10.2 Å². The molecule has 1 amide bonds. The number of hydrogen-bond donors (Lipinski definition) is 1. The average Bonchev–Trinajstić information content (AvgIpc) is 2.46. The Morgan fingerprint density at radius 1 is 1.33 bits per heavy atom. The van der Waals surface area contributed by atoms with E-state index in [1.54, 1.807) is 29.2 Å². The summed E-state index contributed by atoms with van der Waals surface area (Å²) in [5, 5.41) is 20.8. The summed E-state index contributed by atoms with van der Waals surface area (Å²) >= 11 is 0. The molecule has 5 nitrogen and oxygen atoms in total. The molecule has 1 unspecified atom stereocenters. The van der Waals surface area contributed by atoms with Crippen molar-refractivity contribution in [3.8, 4) is 12.1 Å². The Hall–Kier alpha value is -2.37. The number of piperazine rings is 1. The molecule has 18 heavy (non-hydrogen) atoms. The van der Waals surface area contributed by atoms with Gasteiger partial charge in [0.05, 0.1) is 17.7 Å². The molecule has 0 spiro atoms. The largest absolute Gasteiger partial charge is 0.320 e. The van der Waals surface area contributed by atoms with E-state index in [0.717, 1.165) is 0 Å². The van der Waals surface area contributed by atoms with Crippen LogP contribution >= 0.6 is 0 Å². The van der Waals surface area contributed by atoms with E-state index in [-0.39, 0.29) is 5.91 Å². The molecule has 1 atom stereocenters. The van der Waals surface area contributed by atoms with Crippen LogP contribution in [0.3, 0.4) is 0 Å². The highest BCUT2D eigenvalue weighted by atomic mass is 16.2. The summed E-state index contributed by atoms with van der Waals surface area (Å²) in [6.45, 7) is 1.72. The van der Waals surface area contributed by atoms with Gasteiger partial charge in [0.15, 0.2) is 0 Å². The second-order valence-corrected chi connectivity index (χ2v) is 4.04. The fourth-order valence-electron chi connectivity index (χ4n) is 1.92. The van der Waals surface area contributed by atoms with Crippen molar-refractivity contribution < 1.29 is 4.79 Å². The summed E-state index contributed by atoms with van der Waals surface area (Å²) < 4.78 is 0. The zero-order valence-electron chi connectivity index (χ0n) is 9.76. The van der Waals surface area contributed by atoms with Crippen molar-refractivity contribution >= 4 is 5.91 Å². The van der Waals surface area contributed by atoms with Gasteiger partial charge in [0.1, 0.15) is 6.04 Å². The lowest BCUT2D eigenvalue weighted by atomic mass is 10.1. The first-order valence-corrected chi connectivity index (χ1v) is 5.67. The van der Waals surface area contributed by atoms with Crippen molar-refractivity contribution in [2.45, 2.75) is 6.04 Å². The number of amides is 1. The van der Waals surface area contributed by atoms with E-state index in [1.807, 2.05) is 6.07 Å². The maximum atomic E-state index is 12.2. The highest BCUT2D eigenvalue weighted by Gasteiger charge is 2.26. The third-order valence-electron chi connectivity index (χ3n) is 2.91. The van der Waals surface area contributed by atoms with E-state index in [0.29, 0.717) is 30.8 Å². The van der Waals surface area contributed by atoms with Crippen LogP contribution in [0.25, 0.3) is 0 Å². The number of nitriles is 2. The molecule has 0 aliphatic carbocycles. The first-order valence-electron chi connectivity index (χ1n) is 5.67. The lowest BCUT2D eigenvalue weighted by molar-refractivity contribution is 0.0687. The molecular weight excluding hydrogens is 228 g/mol. The minimum absolute atomic E-state index is 0.160. The minimum Gasteiger partial charge on any atom is -0.320 e. The second kappa shape index (κ2) is 5.31. The van der Waals surface area contributed by atoms with Crippen LogP contribution in [-0.4, -0.2) is 36.5 Å². The Morgan fingerprint density at radius 2 is 2.06 bits per heavy atom. The maximum absolute atomic E-state index is 12.2. The van der Waals surface area contributed by atoms with E-state index < -0.39 is 6.04 Å². The molecule has 0 bridgehead atoms. The van der Waals surface area contributed by atoms with Gasteiger partial charge in [-0.1, -0.05) is 0 Å². The molecule has 1 aromatic carbocycles. The first kappa shape index (κ1) is 12.1. The zero-order chi connectivity index (χ0) is 13.0. The first-order chi connectivity index (χ1) is 8.76. The molecule has 0 saturated carbocycles. The highest BCUT2D eigenvalue weighted by Crippen LogP contribution is 2.11. The Morgan fingerprint density at radius 3 is 2.67 bits per heavy atom. The third-order valence-corrected chi connectivity index (χ3v) is 2.91. The lowest BCUT2D eigenvalue weighted by Gasteiger charge is -2.32. The minimum atomic E-state index is -0.429. The number of nitrogens with one attached hydrogen (secondary N) is 1. The van der Waals surface area contributed by atoms with E-state index in [2.05, 4.69) is 11.4 Å². The van der Waals surface area contributed by atoms with Gasteiger partial charge >= 0.3 is 0 Å². The molecule has 1 aliphatic heterocycles.